The third kappa shape index (κ3) is 2.72. The Bertz CT molecular complexity index is 546. The van der Waals surface area contributed by atoms with Gasteiger partial charge in [0.25, 0.3) is 5.91 Å². The predicted molar refractivity (Wildman–Crippen MR) is 74.0 cm³/mol. The van der Waals surface area contributed by atoms with E-state index in [9.17, 15) is 19.8 Å². The molecule has 108 valence electrons. The minimum absolute atomic E-state index is 0.0397. The number of phenolic OH excluding ortho intramolecular Hbond substituents is 1. The number of piperidine rings is 1. The topological polar surface area (TPSA) is 77.8 Å². The lowest BCUT2D eigenvalue weighted by Crippen LogP contribution is -2.51. The molecule has 5 nitrogen and oxygen atoms in total. The van der Waals surface area contributed by atoms with E-state index >= 15 is 0 Å². The van der Waals surface area contributed by atoms with Crippen LogP contribution >= 0.6 is 11.6 Å². The van der Waals surface area contributed by atoms with Crippen LogP contribution in [-0.2, 0) is 4.79 Å². The average Bonchev–Trinajstić information content (AvgIpc) is 2.40. The van der Waals surface area contributed by atoms with Crippen LogP contribution in [0.3, 0.4) is 0 Å². The molecule has 2 N–H and O–H groups in total. The number of carbonyl (C=O) groups is 2. The standard InChI is InChI=1S/C14H16ClNO4/c1-8-3-2-6-16(12(8)14(19)20)13(18)10-7-9(15)4-5-11(10)17/h4-5,7-8,12,17H,2-3,6H2,1H3,(H,19,20). The maximum Gasteiger partial charge on any atom is 0.326 e. The van der Waals surface area contributed by atoms with Crippen molar-refractivity contribution in [2.24, 2.45) is 5.92 Å². The van der Waals surface area contributed by atoms with Crippen molar-refractivity contribution in [3.05, 3.63) is 28.8 Å². The molecule has 0 aliphatic carbocycles. The Hall–Kier alpha value is -1.75. The Morgan fingerprint density at radius 2 is 2.10 bits per heavy atom. The number of nitrogens with zero attached hydrogens (tertiary/aromatic N) is 1. The monoisotopic (exact) mass is 297 g/mol. The van der Waals surface area contributed by atoms with E-state index in [1.165, 1.54) is 23.1 Å². The molecule has 0 aromatic heterocycles. The van der Waals surface area contributed by atoms with Crippen LogP contribution in [0.15, 0.2) is 18.2 Å². The number of hydrogen-bond acceptors (Lipinski definition) is 3. The van der Waals surface area contributed by atoms with Crippen molar-refractivity contribution in [3.8, 4) is 5.75 Å². The minimum Gasteiger partial charge on any atom is -0.507 e. The molecule has 0 saturated carbocycles. The highest BCUT2D eigenvalue weighted by molar-refractivity contribution is 6.31. The lowest BCUT2D eigenvalue weighted by Gasteiger charge is -2.37. The van der Waals surface area contributed by atoms with Gasteiger partial charge in [-0.1, -0.05) is 18.5 Å². The average molecular weight is 298 g/mol. The van der Waals surface area contributed by atoms with Crippen LogP contribution in [0.1, 0.15) is 30.1 Å². The van der Waals surface area contributed by atoms with Gasteiger partial charge in [0.05, 0.1) is 5.56 Å². The van der Waals surface area contributed by atoms with Crippen molar-refractivity contribution < 1.29 is 19.8 Å². The zero-order valence-corrected chi connectivity index (χ0v) is 11.8. The van der Waals surface area contributed by atoms with Crippen molar-refractivity contribution >= 4 is 23.5 Å². The fourth-order valence-electron chi connectivity index (χ4n) is 2.63. The Balaban J connectivity index is 2.35. The van der Waals surface area contributed by atoms with Gasteiger partial charge in [0.1, 0.15) is 11.8 Å². The first-order valence-electron chi connectivity index (χ1n) is 6.44. The van der Waals surface area contributed by atoms with Crippen LogP contribution in [0.4, 0.5) is 0 Å². The first kappa shape index (κ1) is 14.7. The summed E-state index contributed by atoms with van der Waals surface area (Å²) in [7, 11) is 0. The van der Waals surface area contributed by atoms with Gasteiger partial charge >= 0.3 is 5.97 Å². The molecule has 1 aliphatic rings. The second-order valence-corrected chi connectivity index (χ2v) is 5.50. The molecule has 1 aromatic carbocycles. The van der Waals surface area contributed by atoms with Crippen LogP contribution in [0.5, 0.6) is 5.75 Å². The van der Waals surface area contributed by atoms with Gasteiger partial charge in [-0.05, 0) is 37.0 Å². The SMILES string of the molecule is CC1CCCN(C(=O)c2cc(Cl)ccc2O)C1C(=O)O. The molecule has 1 saturated heterocycles. The molecule has 1 aliphatic heterocycles. The number of aromatic hydroxyl groups is 1. The highest BCUT2D eigenvalue weighted by atomic mass is 35.5. The van der Waals surface area contributed by atoms with Gasteiger partial charge in [-0.15, -0.1) is 0 Å². The van der Waals surface area contributed by atoms with Gasteiger partial charge in [-0.3, -0.25) is 4.79 Å². The lowest BCUT2D eigenvalue weighted by molar-refractivity contribution is -0.145. The lowest BCUT2D eigenvalue weighted by atomic mass is 9.90. The number of halogens is 1. The minimum atomic E-state index is -1.02. The Morgan fingerprint density at radius 1 is 1.40 bits per heavy atom. The number of carboxylic acids is 1. The molecule has 20 heavy (non-hydrogen) atoms. The van der Waals surface area contributed by atoms with Gasteiger partial charge < -0.3 is 15.1 Å². The highest BCUT2D eigenvalue weighted by Crippen LogP contribution is 2.29. The van der Waals surface area contributed by atoms with E-state index < -0.39 is 17.9 Å². The van der Waals surface area contributed by atoms with E-state index in [4.69, 9.17) is 11.6 Å². The first-order valence-corrected chi connectivity index (χ1v) is 6.82. The van der Waals surface area contributed by atoms with Crippen molar-refractivity contribution in [2.45, 2.75) is 25.8 Å². The molecule has 1 fully saturated rings. The van der Waals surface area contributed by atoms with Gasteiger partial charge in [-0.2, -0.15) is 0 Å². The van der Waals surface area contributed by atoms with E-state index in [1.807, 2.05) is 6.92 Å². The summed E-state index contributed by atoms with van der Waals surface area (Å²) >= 11 is 5.83. The van der Waals surface area contributed by atoms with Crippen LogP contribution < -0.4 is 0 Å². The zero-order chi connectivity index (χ0) is 14.9. The Labute approximate surface area is 121 Å². The summed E-state index contributed by atoms with van der Waals surface area (Å²) in [5.74, 6) is -1.83. The third-order valence-corrected chi connectivity index (χ3v) is 3.87. The quantitative estimate of drug-likeness (QED) is 0.878. The Kier molecular flexibility index (Phi) is 4.18. The molecule has 6 heteroatoms. The second kappa shape index (κ2) is 5.71. The van der Waals surface area contributed by atoms with E-state index in [0.717, 1.165) is 12.8 Å². The number of aliphatic carboxylic acids is 1. The smallest absolute Gasteiger partial charge is 0.326 e. The first-order chi connectivity index (χ1) is 9.41. The molecule has 0 spiro atoms. The number of likely N-dealkylation sites (tertiary alicyclic amines) is 1. The fourth-order valence-corrected chi connectivity index (χ4v) is 2.80. The van der Waals surface area contributed by atoms with Gasteiger partial charge in [0.2, 0.25) is 0 Å². The molecule has 1 heterocycles. The van der Waals surface area contributed by atoms with E-state index in [-0.39, 0.29) is 17.2 Å². The normalized spacial score (nSPS) is 22.6. The van der Waals surface area contributed by atoms with E-state index in [1.54, 1.807) is 0 Å². The molecule has 2 atom stereocenters. The summed E-state index contributed by atoms with van der Waals surface area (Å²) in [6, 6.07) is 3.30. The summed E-state index contributed by atoms with van der Waals surface area (Å²) in [6.07, 6.45) is 1.51. The van der Waals surface area contributed by atoms with Gasteiger partial charge in [0.15, 0.2) is 0 Å². The van der Waals surface area contributed by atoms with Gasteiger partial charge in [0, 0.05) is 11.6 Å². The number of benzene rings is 1. The third-order valence-electron chi connectivity index (χ3n) is 3.64. The molecule has 0 bridgehead atoms. The maximum atomic E-state index is 12.5. The van der Waals surface area contributed by atoms with Crippen LogP contribution in [-0.4, -0.2) is 39.6 Å². The molecule has 2 rings (SSSR count). The van der Waals surface area contributed by atoms with E-state index in [2.05, 4.69) is 0 Å². The number of carbonyl (C=O) groups excluding carboxylic acids is 1. The van der Waals surface area contributed by atoms with Gasteiger partial charge in [-0.25, -0.2) is 4.79 Å². The number of rotatable bonds is 2. The number of hydrogen-bond donors (Lipinski definition) is 2. The highest BCUT2D eigenvalue weighted by Gasteiger charge is 2.37. The number of amides is 1. The van der Waals surface area contributed by atoms with E-state index in [0.29, 0.717) is 11.6 Å². The summed E-state index contributed by atoms with van der Waals surface area (Å²) in [5, 5.41) is 19.4. The van der Waals surface area contributed by atoms with Crippen molar-refractivity contribution in [3.63, 3.8) is 0 Å². The number of carboxylic acid groups (broad SMARTS) is 1. The second-order valence-electron chi connectivity index (χ2n) is 5.06. The maximum absolute atomic E-state index is 12.5. The summed E-state index contributed by atoms with van der Waals surface area (Å²) < 4.78 is 0. The van der Waals surface area contributed by atoms with Crippen molar-refractivity contribution in [1.29, 1.82) is 0 Å². The molecule has 0 radical (unpaired) electrons. The molecule has 2 unspecified atom stereocenters. The number of phenols is 1. The molecular weight excluding hydrogens is 282 g/mol. The molecular formula is C14H16ClNO4. The molecule has 1 amide bonds. The summed E-state index contributed by atoms with van der Waals surface area (Å²) in [5.41, 5.74) is 0.0397. The largest absolute Gasteiger partial charge is 0.507 e. The summed E-state index contributed by atoms with van der Waals surface area (Å²) in [6.45, 7) is 2.18. The summed E-state index contributed by atoms with van der Waals surface area (Å²) in [4.78, 5) is 25.2. The van der Waals surface area contributed by atoms with Crippen molar-refractivity contribution in [1.82, 2.24) is 4.90 Å². The van der Waals surface area contributed by atoms with Crippen LogP contribution in [0, 0.1) is 5.92 Å². The fraction of sp³-hybridized carbons (Fsp3) is 0.429. The zero-order valence-electron chi connectivity index (χ0n) is 11.0. The predicted octanol–water partition coefficient (Wildman–Crippen LogP) is 2.37. The molecule has 1 aromatic rings. The van der Waals surface area contributed by atoms with Crippen LogP contribution in [0.2, 0.25) is 5.02 Å². The van der Waals surface area contributed by atoms with Crippen molar-refractivity contribution in [2.75, 3.05) is 6.54 Å². The Morgan fingerprint density at radius 3 is 2.75 bits per heavy atom. The van der Waals surface area contributed by atoms with Crippen LogP contribution in [0.25, 0.3) is 0 Å².